The molecule has 2 fully saturated rings. The third kappa shape index (κ3) is 2.78. The monoisotopic (exact) mass is 404 g/mol. The van der Waals surface area contributed by atoms with Gasteiger partial charge < -0.3 is 4.90 Å². The second-order valence-corrected chi connectivity index (χ2v) is 7.75. The third-order valence-electron chi connectivity index (χ3n) is 5.76. The Balaban J connectivity index is 1.84. The van der Waals surface area contributed by atoms with Crippen LogP contribution in [0.2, 0.25) is 0 Å². The molecule has 2 aliphatic rings. The van der Waals surface area contributed by atoms with Crippen LogP contribution in [-0.4, -0.2) is 16.6 Å². The van der Waals surface area contributed by atoms with Gasteiger partial charge in [-0.25, -0.2) is 4.39 Å². The van der Waals surface area contributed by atoms with Gasteiger partial charge in [-0.2, -0.15) is 10.5 Å². The molecule has 1 aliphatic heterocycles. The van der Waals surface area contributed by atoms with Crippen LogP contribution in [-0.2, 0) is 4.79 Å². The molecule has 5 nitrogen and oxygen atoms in total. The summed E-state index contributed by atoms with van der Waals surface area (Å²) in [6.45, 7) is 1.81. The number of thiocarbonyl (C=S) groups is 1. The van der Waals surface area contributed by atoms with Gasteiger partial charge in [0.15, 0.2) is 5.11 Å². The van der Waals surface area contributed by atoms with Gasteiger partial charge in [0.1, 0.15) is 17.4 Å². The van der Waals surface area contributed by atoms with E-state index in [1.54, 1.807) is 29.2 Å². The number of halogens is 1. The van der Waals surface area contributed by atoms with E-state index < -0.39 is 11.4 Å². The van der Waals surface area contributed by atoms with Crippen LogP contribution in [0, 0.1) is 35.4 Å². The number of aryl methyl sites for hydroxylation is 1. The lowest BCUT2D eigenvalue weighted by atomic mass is 9.94. The number of hydrogen-bond acceptors (Lipinski definition) is 4. The SMILES string of the molecule is Cc1cc(N2C(=O)C3(CCCC3)N(c3ccc(C#N)c(F)c3)C2=S)ccc1C#N. The lowest BCUT2D eigenvalue weighted by molar-refractivity contribution is -0.121. The van der Waals surface area contributed by atoms with Crippen LogP contribution >= 0.6 is 12.2 Å². The molecule has 144 valence electrons. The van der Waals surface area contributed by atoms with Crippen molar-refractivity contribution in [1.29, 1.82) is 10.5 Å². The summed E-state index contributed by atoms with van der Waals surface area (Å²) in [4.78, 5) is 16.8. The molecular weight excluding hydrogens is 387 g/mol. The van der Waals surface area contributed by atoms with Gasteiger partial charge in [0, 0.05) is 5.69 Å². The molecule has 1 spiro atoms. The molecule has 1 heterocycles. The normalized spacial score (nSPS) is 17.7. The maximum atomic E-state index is 14.3. The Bertz CT molecular complexity index is 1120. The zero-order valence-electron chi connectivity index (χ0n) is 15.8. The van der Waals surface area contributed by atoms with Crippen LogP contribution in [0.15, 0.2) is 36.4 Å². The van der Waals surface area contributed by atoms with E-state index in [-0.39, 0.29) is 16.6 Å². The van der Waals surface area contributed by atoms with E-state index in [2.05, 4.69) is 6.07 Å². The first-order chi connectivity index (χ1) is 13.9. The Kier molecular flexibility index (Phi) is 4.56. The van der Waals surface area contributed by atoms with Crippen LogP contribution in [0.1, 0.15) is 42.4 Å². The molecule has 1 saturated heterocycles. The van der Waals surface area contributed by atoms with Crippen molar-refractivity contribution in [3.05, 3.63) is 58.9 Å². The summed E-state index contributed by atoms with van der Waals surface area (Å²) in [5.74, 6) is -0.769. The summed E-state index contributed by atoms with van der Waals surface area (Å²) in [6, 6.07) is 13.4. The molecule has 7 heteroatoms. The lowest BCUT2D eigenvalue weighted by Crippen LogP contribution is -2.47. The fraction of sp³-hybridized carbons (Fsp3) is 0.273. The van der Waals surface area contributed by atoms with Crippen LogP contribution in [0.5, 0.6) is 0 Å². The van der Waals surface area contributed by atoms with Gasteiger partial charge in [-0.3, -0.25) is 9.69 Å². The van der Waals surface area contributed by atoms with Gasteiger partial charge in [-0.1, -0.05) is 12.8 Å². The molecule has 2 aromatic rings. The summed E-state index contributed by atoms with van der Waals surface area (Å²) >= 11 is 5.70. The topological polar surface area (TPSA) is 71.1 Å². The van der Waals surface area contributed by atoms with Crippen molar-refractivity contribution in [2.45, 2.75) is 38.1 Å². The molecule has 1 aliphatic carbocycles. The number of hydrogen-bond donors (Lipinski definition) is 0. The number of carbonyl (C=O) groups excluding carboxylic acids is 1. The maximum Gasteiger partial charge on any atom is 0.259 e. The quantitative estimate of drug-likeness (QED) is 0.697. The van der Waals surface area contributed by atoms with E-state index in [0.29, 0.717) is 29.8 Å². The van der Waals surface area contributed by atoms with Gasteiger partial charge in [-0.15, -0.1) is 0 Å². The first kappa shape index (κ1) is 19.0. The van der Waals surface area contributed by atoms with Crippen LogP contribution in [0.4, 0.5) is 15.8 Å². The molecule has 0 unspecified atom stereocenters. The zero-order valence-corrected chi connectivity index (χ0v) is 16.6. The summed E-state index contributed by atoms with van der Waals surface area (Å²) in [6.07, 6.45) is 3.01. The van der Waals surface area contributed by atoms with Crippen LogP contribution in [0.25, 0.3) is 0 Å². The van der Waals surface area contributed by atoms with Crippen molar-refractivity contribution in [1.82, 2.24) is 0 Å². The highest BCUT2D eigenvalue weighted by molar-refractivity contribution is 7.81. The number of carbonyl (C=O) groups is 1. The number of benzene rings is 2. The van der Waals surface area contributed by atoms with Crippen molar-refractivity contribution in [3.63, 3.8) is 0 Å². The number of nitrogens with zero attached hydrogens (tertiary/aromatic N) is 4. The molecule has 1 amide bonds. The summed E-state index contributed by atoms with van der Waals surface area (Å²) in [5, 5.41) is 18.5. The summed E-state index contributed by atoms with van der Waals surface area (Å²) in [7, 11) is 0. The zero-order chi connectivity index (χ0) is 20.8. The van der Waals surface area contributed by atoms with Crippen molar-refractivity contribution >= 4 is 34.6 Å². The molecule has 0 N–H and O–H groups in total. The minimum Gasteiger partial charge on any atom is -0.303 e. The van der Waals surface area contributed by atoms with E-state index in [1.807, 2.05) is 13.0 Å². The van der Waals surface area contributed by atoms with E-state index in [0.717, 1.165) is 18.4 Å². The predicted molar refractivity (Wildman–Crippen MR) is 111 cm³/mol. The lowest BCUT2D eigenvalue weighted by Gasteiger charge is -2.32. The highest BCUT2D eigenvalue weighted by atomic mass is 32.1. The Hall–Kier alpha value is -3.29. The molecule has 0 aromatic heterocycles. The minimum absolute atomic E-state index is 0.0507. The molecular formula is C22H17FN4OS. The number of amides is 1. The second-order valence-electron chi connectivity index (χ2n) is 7.38. The fourth-order valence-corrected chi connectivity index (χ4v) is 4.77. The Morgan fingerprint density at radius 3 is 2.24 bits per heavy atom. The molecule has 2 aromatic carbocycles. The predicted octanol–water partition coefficient (Wildman–Crippen LogP) is 4.33. The Morgan fingerprint density at radius 1 is 1.03 bits per heavy atom. The van der Waals surface area contributed by atoms with Crippen LogP contribution < -0.4 is 9.80 Å². The highest BCUT2D eigenvalue weighted by Gasteiger charge is 2.57. The van der Waals surface area contributed by atoms with Crippen molar-refractivity contribution in [2.75, 3.05) is 9.80 Å². The fourth-order valence-electron chi connectivity index (χ4n) is 4.30. The van der Waals surface area contributed by atoms with Gasteiger partial charge in [0.25, 0.3) is 5.91 Å². The van der Waals surface area contributed by atoms with E-state index in [9.17, 15) is 14.4 Å². The van der Waals surface area contributed by atoms with E-state index >= 15 is 0 Å². The van der Waals surface area contributed by atoms with Gasteiger partial charge in [-0.05, 0) is 73.9 Å². The van der Waals surface area contributed by atoms with Crippen molar-refractivity contribution in [2.24, 2.45) is 0 Å². The van der Waals surface area contributed by atoms with E-state index in [1.165, 1.54) is 17.0 Å². The minimum atomic E-state index is -0.848. The van der Waals surface area contributed by atoms with Crippen molar-refractivity contribution in [3.8, 4) is 12.1 Å². The van der Waals surface area contributed by atoms with Gasteiger partial charge in [0.05, 0.1) is 22.9 Å². The molecule has 0 atom stereocenters. The largest absolute Gasteiger partial charge is 0.303 e. The van der Waals surface area contributed by atoms with Gasteiger partial charge in [0.2, 0.25) is 0 Å². The number of anilines is 2. The molecule has 0 radical (unpaired) electrons. The summed E-state index contributed by atoms with van der Waals surface area (Å²) in [5.41, 5.74) is 1.45. The van der Waals surface area contributed by atoms with E-state index in [4.69, 9.17) is 17.5 Å². The van der Waals surface area contributed by atoms with Gasteiger partial charge >= 0.3 is 0 Å². The summed E-state index contributed by atoms with van der Waals surface area (Å²) < 4.78 is 14.3. The maximum absolute atomic E-state index is 14.3. The first-order valence-electron chi connectivity index (χ1n) is 9.32. The Morgan fingerprint density at radius 2 is 1.66 bits per heavy atom. The van der Waals surface area contributed by atoms with Crippen LogP contribution in [0.3, 0.4) is 0 Å². The average Bonchev–Trinajstić information content (AvgIpc) is 3.26. The first-order valence-corrected chi connectivity index (χ1v) is 9.73. The molecule has 0 bridgehead atoms. The number of rotatable bonds is 2. The average molecular weight is 404 g/mol. The van der Waals surface area contributed by atoms with Crippen molar-refractivity contribution < 1.29 is 9.18 Å². The third-order valence-corrected chi connectivity index (χ3v) is 6.13. The number of nitriles is 2. The molecule has 4 rings (SSSR count). The smallest absolute Gasteiger partial charge is 0.259 e. The molecule has 1 saturated carbocycles. The molecule has 29 heavy (non-hydrogen) atoms. The standard InChI is InChI=1S/C22H17FN4OS/c1-14-10-17(6-4-15(14)12-24)26-20(28)22(8-2-3-9-22)27(21(26)29)18-7-5-16(13-25)19(23)11-18/h4-7,10-11H,2-3,8-9H2,1H3. The highest BCUT2D eigenvalue weighted by Crippen LogP contribution is 2.46. The Labute approximate surface area is 173 Å². The second kappa shape index (κ2) is 6.95.